The molecule has 0 saturated heterocycles. The van der Waals surface area contributed by atoms with Gasteiger partial charge in [0.1, 0.15) is 0 Å². The number of aryl methyl sites for hydroxylation is 3. The molecule has 3 rings (SSSR count). The van der Waals surface area contributed by atoms with Crippen LogP contribution in [-0.2, 0) is 27.9 Å². The first-order chi connectivity index (χ1) is 14.7. The van der Waals surface area contributed by atoms with Crippen LogP contribution in [0.3, 0.4) is 0 Å². The van der Waals surface area contributed by atoms with Crippen LogP contribution in [0.5, 0.6) is 0 Å². The van der Waals surface area contributed by atoms with Crippen LogP contribution in [0.25, 0.3) is 0 Å². The molecule has 5 nitrogen and oxygen atoms in total. The predicted octanol–water partition coefficient (Wildman–Crippen LogP) is 4.12. The van der Waals surface area contributed by atoms with Crippen molar-refractivity contribution < 1.29 is 13.2 Å². The lowest BCUT2D eigenvalue weighted by Crippen LogP contribution is -2.40. The first-order valence-electron chi connectivity index (χ1n) is 10.2. The Hall–Kier alpha value is -2.96. The summed E-state index contributed by atoms with van der Waals surface area (Å²) in [6.45, 7) is 6.06. The van der Waals surface area contributed by atoms with Crippen LogP contribution >= 0.6 is 0 Å². The van der Waals surface area contributed by atoms with E-state index in [9.17, 15) is 13.2 Å². The molecule has 0 saturated carbocycles. The van der Waals surface area contributed by atoms with Crippen LogP contribution in [0, 0.1) is 20.8 Å². The van der Waals surface area contributed by atoms with E-state index in [1.165, 1.54) is 4.31 Å². The molecule has 3 aromatic carbocycles. The van der Waals surface area contributed by atoms with E-state index in [0.717, 1.165) is 27.8 Å². The lowest BCUT2D eigenvalue weighted by atomic mass is 10.1. The third-order valence-corrected chi connectivity index (χ3v) is 6.80. The largest absolute Gasteiger partial charge is 0.351 e. The van der Waals surface area contributed by atoms with Gasteiger partial charge in [-0.25, -0.2) is 8.42 Å². The normalized spacial score (nSPS) is 11.5. The zero-order valence-corrected chi connectivity index (χ0v) is 18.9. The number of sulfonamides is 1. The van der Waals surface area contributed by atoms with Crippen LogP contribution in [0.2, 0.25) is 0 Å². The number of amides is 1. The molecule has 0 atom stereocenters. The van der Waals surface area contributed by atoms with Crippen molar-refractivity contribution in [3.8, 4) is 0 Å². The van der Waals surface area contributed by atoms with Gasteiger partial charge in [-0.2, -0.15) is 4.31 Å². The van der Waals surface area contributed by atoms with Crippen molar-refractivity contribution in [2.45, 2.75) is 38.8 Å². The molecule has 0 aromatic heterocycles. The highest BCUT2D eigenvalue weighted by Crippen LogP contribution is 2.19. The fourth-order valence-corrected chi connectivity index (χ4v) is 4.72. The molecule has 0 heterocycles. The molecular weight excluding hydrogens is 408 g/mol. The van der Waals surface area contributed by atoms with E-state index in [0.29, 0.717) is 6.54 Å². The molecule has 1 amide bonds. The van der Waals surface area contributed by atoms with Crippen LogP contribution in [-0.4, -0.2) is 25.2 Å². The molecular formula is C25H28N2O3S. The van der Waals surface area contributed by atoms with Crippen LogP contribution < -0.4 is 5.32 Å². The average Bonchev–Trinajstić information content (AvgIpc) is 2.72. The van der Waals surface area contributed by atoms with Gasteiger partial charge in [0.2, 0.25) is 15.9 Å². The Morgan fingerprint density at radius 1 is 0.806 bits per heavy atom. The number of rotatable bonds is 8. The first kappa shape index (κ1) is 22.7. The van der Waals surface area contributed by atoms with Crippen LogP contribution in [0.4, 0.5) is 0 Å². The molecule has 0 bridgehead atoms. The number of carbonyl (C=O) groups is 1. The van der Waals surface area contributed by atoms with Crippen molar-refractivity contribution in [1.29, 1.82) is 0 Å². The van der Waals surface area contributed by atoms with Gasteiger partial charge in [0, 0.05) is 13.1 Å². The molecule has 0 aliphatic heterocycles. The van der Waals surface area contributed by atoms with Gasteiger partial charge in [0.25, 0.3) is 0 Å². The molecule has 0 aliphatic rings. The highest BCUT2D eigenvalue weighted by atomic mass is 32.2. The molecule has 0 spiro atoms. The Morgan fingerprint density at radius 2 is 1.39 bits per heavy atom. The van der Waals surface area contributed by atoms with Gasteiger partial charge in [0.05, 0.1) is 11.4 Å². The van der Waals surface area contributed by atoms with Crippen LogP contribution in [0.1, 0.15) is 27.8 Å². The first-order valence-corrected chi connectivity index (χ1v) is 11.6. The van der Waals surface area contributed by atoms with Gasteiger partial charge in [-0.1, -0.05) is 77.4 Å². The summed E-state index contributed by atoms with van der Waals surface area (Å²) in [5.74, 6) is -0.343. The van der Waals surface area contributed by atoms with Crippen molar-refractivity contribution in [2.24, 2.45) is 0 Å². The number of nitrogens with zero attached hydrogens (tertiary/aromatic N) is 1. The number of hydrogen-bond donors (Lipinski definition) is 1. The Bertz CT molecular complexity index is 1160. The number of nitrogens with one attached hydrogen (secondary N) is 1. The molecule has 1 N–H and O–H groups in total. The SMILES string of the molecule is Cc1ccc(S(=O)(=O)N(CC(=O)NCc2cccc(C)c2)Cc2cccc(C)c2)cc1. The van der Waals surface area contributed by atoms with E-state index in [2.05, 4.69) is 5.32 Å². The molecule has 162 valence electrons. The van der Waals surface area contributed by atoms with Gasteiger partial charge < -0.3 is 5.32 Å². The van der Waals surface area contributed by atoms with E-state index >= 15 is 0 Å². The molecule has 6 heteroatoms. The van der Waals surface area contributed by atoms with Gasteiger partial charge in [-0.15, -0.1) is 0 Å². The van der Waals surface area contributed by atoms with Gasteiger partial charge >= 0.3 is 0 Å². The third kappa shape index (κ3) is 6.26. The fourth-order valence-electron chi connectivity index (χ4n) is 3.34. The second-order valence-corrected chi connectivity index (χ2v) is 9.78. The van der Waals surface area contributed by atoms with Crippen LogP contribution in [0.15, 0.2) is 77.7 Å². The topological polar surface area (TPSA) is 66.5 Å². The molecule has 0 fully saturated rings. The zero-order chi connectivity index (χ0) is 22.4. The summed E-state index contributed by atoms with van der Waals surface area (Å²) in [6.07, 6.45) is 0. The smallest absolute Gasteiger partial charge is 0.243 e. The van der Waals surface area contributed by atoms with E-state index in [1.807, 2.05) is 69.3 Å². The Morgan fingerprint density at radius 3 is 2.00 bits per heavy atom. The standard InChI is InChI=1S/C25H28N2O3S/c1-19-10-12-24(13-11-19)31(29,30)27(17-23-9-5-7-21(3)15-23)18-25(28)26-16-22-8-4-6-20(2)14-22/h4-15H,16-18H2,1-3H3,(H,26,28). The van der Waals surface area contributed by atoms with Crippen molar-refractivity contribution >= 4 is 15.9 Å². The second-order valence-electron chi connectivity index (χ2n) is 7.84. The minimum atomic E-state index is -3.84. The second kappa shape index (κ2) is 9.90. The Balaban J connectivity index is 1.81. The molecule has 0 radical (unpaired) electrons. The minimum Gasteiger partial charge on any atom is -0.351 e. The van der Waals surface area contributed by atoms with Crippen molar-refractivity contribution in [3.05, 3.63) is 101 Å². The van der Waals surface area contributed by atoms with Crippen molar-refractivity contribution in [2.75, 3.05) is 6.54 Å². The summed E-state index contributed by atoms with van der Waals surface area (Å²) in [5, 5.41) is 2.84. The summed E-state index contributed by atoms with van der Waals surface area (Å²) >= 11 is 0. The fraction of sp³-hybridized carbons (Fsp3) is 0.240. The van der Waals surface area contributed by atoms with Gasteiger partial charge in [-0.05, 0) is 44.0 Å². The zero-order valence-electron chi connectivity index (χ0n) is 18.1. The van der Waals surface area contributed by atoms with Gasteiger partial charge in [0.15, 0.2) is 0 Å². The Labute approximate surface area is 184 Å². The van der Waals surface area contributed by atoms with E-state index in [1.54, 1.807) is 24.3 Å². The quantitative estimate of drug-likeness (QED) is 0.578. The average molecular weight is 437 g/mol. The lowest BCUT2D eigenvalue weighted by Gasteiger charge is -2.22. The highest BCUT2D eigenvalue weighted by Gasteiger charge is 2.27. The summed E-state index contributed by atoms with van der Waals surface area (Å²) in [5.41, 5.74) is 4.92. The molecule has 0 unspecified atom stereocenters. The summed E-state index contributed by atoms with van der Waals surface area (Å²) in [7, 11) is -3.84. The maximum absolute atomic E-state index is 13.3. The monoisotopic (exact) mass is 436 g/mol. The number of carbonyl (C=O) groups excluding carboxylic acids is 1. The van der Waals surface area contributed by atoms with E-state index in [4.69, 9.17) is 0 Å². The third-order valence-electron chi connectivity index (χ3n) is 4.99. The Kier molecular flexibility index (Phi) is 7.25. The number of benzene rings is 3. The predicted molar refractivity (Wildman–Crippen MR) is 123 cm³/mol. The summed E-state index contributed by atoms with van der Waals surface area (Å²) < 4.78 is 27.9. The van der Waals surface area contributed by atoms with Crippen molar-refractivity contribution in [1.82, 2.24) is 9.62 Å². The maximum Gasteiger partial charge on any atom is 0.243 e. The van der Waals surface area contributed by atoms with E-state index in [-0.39, 0.29) is 23.9 Å². The highest BCUT2D eigenvalue weighted by molar-refractivity contribution is 7.89. The minimum absolute atomic E-state index is 0.121. The van der Waals surface area contributed by atoms with E-state index < -0.39 is 10.0 Å². The lowest BCUT2D eigenvalue weighted by molar-refractivity contribution is -0.121. The maximum atomic E-state index is 13.3. The van der Waals surface area contributed by atoms with Gasteiger partial charge in [-0.3, -0.25) is 4.79 Å². The summed E-state index contributed by atoms with van der Waals surface area (Å²) in [4.78, 5) is 12.9. The van der Waals surface area contributed by atoms with Crippen molar-refractivity contribution in [3.63, 3.8) is 0 Å². The molecule has 31 heavy (non-hydrogen) atoms. The number of hydrogen-bond acceptors (Lipinski definition) is 3. The summed E-state index contributed by atoms with van der Waals surface area (Å²) in [6, 6.07) is 22.2. The molecule has 0 aliphatic carbocycles. The molecule has 3 aromatic rings.